The SMILES string of the molecule is Cn1nc(C(=O)NC(CCOC(C)(C)C)C(=O)O)ccc1=O. The Morgan fingerprint density at radius 2 is 2.05 bits per heavy atom. The van der Waals surface area contributed by atoms with E-state index in [2.05, 4.69) is 10.4 Å². The van der Waals surface area contributed by atoms with Crippen LogP contribution in [-0.4, -0.2) is 45.0 Å². The van der Waals surface area contributed by atoms with Crippen LogP contribution in [0.2, 0.25) is 0 Å². The number of hydrogen-bond acceptors (Lipinski definition) is 5. The fourth-order valence-corrected chi connectivity index (χ4v) is 1.60. The molecule has 0 fully saturated rings. The number of nitrogens with zero attached hydrogens (tertiary/aromatic N) is 2. The van der Waals surface area contributed by atoms with Crippen molar-refractivity contribution in [3.05, 3.63) is 28.2 Å². The molecule has 1 amide bonds. The Morgan fingerprint density at radius 3 is 2.55 bits per heavy atom. The van der Waals surface area contributed by atoms with Crippen LogP contribution in [0.15, 0.2) is 16.9 Å². The van der Waals surface area contributed by atoms with Crippen LogP contribution >= 0.6 is 0 Å². The Labute approximate surface area is 128 Å². The lowest BCUT2D eigenvalue weighted by atomic mass is 10.1. The summed E-state index contributed by atoms with van der Waals surface area (Å²) in [5, 5.41) is 15.3. The number of hydrogen-bond donors (Lipinski definition) is 2. The smallest absolute Gasteiger partial charge is 0.326 e. The molecule has 8 heteroatoms. The van der Waals surface area contributed by atoms with Gasteiger partial charge in [-0.25, -0.2) is 9.48 Å². The highest BCUT2D eigenvalue weighted by Gasteiger charge is 2.22. The molecular formula is C14H21N3O5. The maximum Gasteiger partial charge on any atom is 0.326 e. The Kier molecular flexibility index (Phi) is 5.81. The van der Waals surface area contributed by atoms with Gasteiger partial charge in [-0.3, -0.25) is 9.59 Å². The first-order chi connectivity index (χ1) is 10.1. The van der Waals surface area contributed by atoms with E-state index in [9.17, 15) is 14.4 Å². The second-order valence-electron chi connectivity index (χ2n) is 5.79. The van der Waals surface area contributed by atoms with Crippen molar-refractivity contribution in [2.45, 2.75) is 38.8 Å². The van der Waals surface area contributed by atoms with Gasteiger partial charge in [0.25, 0.3) is 11.5 Å². The molecule has 0 aliphatic heterocycles. The zero-order valence-corrected chi connectivity index (χ0v) is 13.1. The topological polar surface area (TPSA) is 111 Å². The van der Waals surface area contributed by atoms with Gasteiger partial charge in [-0.2, -0.15) is 5.10 Å². The van der Waals surface area contributed by atoms with Crippen molar-refractivity contribution in [3.63, 3.8) is 0 Å². The number of carboxylic acids is 1. The minimum absolute atomic E-state index is 0.0231. The summed E-state index contributed by atoms with van der Waals surface area (Å²) >= 11 is 0. The maximum absolute atomic E-state index is 12.0. The van der Waals surface area contributed by atoms with Crippen LogP contribution in [-0.2, 0) is 16.6 Å². The second kappa shape index (κ2) is 7.17. The molecule has 0 bridgehead atoms. The number of amides is 1. The van der Waals surface area contributed by atoms with Crippen molar-refractivity contribution in [2.24, 2.45) is 7.05 Å². The summed E-state index contributed by atoms with van der Waals surface area (Å²) in [6.45, 7) is 5.77. The fourth-order valence-electron chi connectivity index (χ4n) is 1.60. The molecule has 0 spiro atoms. The molecule has 1 aromatic heterocycles. The summed E-state index contributed by atoms with van der Waals surface area (Å²) in [5.74, 6) is -1.81. The van der Waals surface area contributed by atoms with Crippen LogP contribution < -0.4 is 10.9 Å². The van der Waals surface area contributed by atoms with Gasteiger partial charge in [0.1, 0.15) is 11.7 Å². The molecule has 0 radical (unpaired) electrons. The second-order valence-corrected chi connectivity index (χ2v) is 5.79. The molecule has 1 heterocycles. The number of aryl methyl sites for hydroxylation is 1. The van der Waals surface area contributed by atoms with Gasteiger partial charge in [0.15, 0.2) is 0 Å². The molecular weight excluding hydrogens is 290 g/mol. The fraction of sp³-hybridized carbons (Fsp3) is 0.571. The van der Waals surface area contributed by atoms with Crippen molar-refractivity contribution in [3.8, 4) is 0 Å². The zero-order chi connectivity index (χ0) is 16.9. The maximum atomic E-state index is 12.0. The van der Waals surface area contributed by atoms with E-state index in [-0.39, 0.29) is 29.9 Å². The van der Waals surface area contributed by atoms with Crippen LogP contribution in [0.3, 0.4) is 0 Å². The van der Waals surface area contributed by atoms with Gasteiger partial charge < -0.3 is 15.2 Å². The standard InChI is InChI=1S/C14H21N3O5/c1-14(2,3)22-8-7-10(13(20)21)15-12(19)9-5-6-11(18)17(4)16-9/h5-6,10H,7-8H2,1-4H3,(H,15,19)(H,20,21). The highest BCUT2D eigenvalue weighted by atomic mass is 16.5. The number of aromatic nitrogens is 2. The summed E-state index contributed by atoms with van der Waals surface area (Å²) in [6, 6.07) is 1.36. The van der Waals surface area contributed by atoms with Crippen LogP contribution in [0.4, 0.5) is 0 Å². The van der Waals surface area contributed by atoms with E-state index >= 15 is 0 Å². The summed E-state index contributed by atoms with van der Waals surface area (Å²) in [4.78, 5) is 34.4. The number of carboxylic acid groups (broad SMARTS) is 1. The van der Waals surface area contributed by atoms with Crippen molar-refractivity contribution in [1.82, 2.24) is 15.1 Å². The summed E-state index contributed by atoms with van der Waals surface area (Å²) < 4.78 is 6.46. The van der Waals surface area contributed by atoms with Gasteiger partial charge in [-0.15, -0.1) is 0 Å². The van der Waals surface area contributed by atoms with E-state index in [1.807, 2.05) is 20.8 Å². The lowest BCUT2D eigenvalue weighted by Crippen LogP contribution is -2.42. The third-order valence-electron chi connectivity index (χ3n) is 2.74. The number of aliphatic carboxylic acids is 1. The predicted octanol–water partition coefficient (Wildman–Crippen LogP) is 0.169. The molecule has 0 aliphatic carbocycles. The molecule has 8 nitrogen and oxygen atoms in total. The number of ether oxygens (including phenoxy) is 1. The normalized spacial score (nSPS) is 12.7. The van der Waals surface area contributed by atoms with Crippen LogP contribution in [0.25, 0.3) is 0 Å². The van der Waals surface area contributed by atoms with Gasteiger partial charge in [0.05, 0.1) is 5.60 Å². The third kappa shape index (κ3) is 5.65. The highest BCUT2D eigenvalue weighted by Crippen LogP contribution is 2.08. The molecule has 0 aliphatic rings. The van der Waals surface area contributed by atoms with Gasteiger partial charge in [0.2, 0.25) is 0 Å². The van der Waals surface area contributed by atoms with E-state index in [1.165, 1.54) is 19.2 Å². The number of carbonyl (C=O) groups excluding carboxylic acids is 1. The lowest BCUT2D eigenvalue weighted by Gasteiger charge is -2.21. The van der Waals surface area contributed by atoms with Gasteiger partial charge in [0, 0.05) is 26.1 Å². The van der Waals surface area contributed by atoms with Gasteiger partial charge in [-0.05, 0) is 26.8 Å². The van der Waals surface area contributed by atoms with Gasteiger partial charge in [-0.1, -0.05) is 0 Å². The first kappa shape index (κ1) is 17.8. The minimum atomic E-state index is -1.16. The van der Waals surface area contributed by atoms with Crippen molar-refractivity contribution in [1.29, 1.82) is 0 Å². The molecule has 0 saturated carbocycles. The average molecular weight is 311 g/mol. The first-order valence-corrected chi connectivity index (χ1v) is 6.82. The molecule has 0 saturated heterocycles. The molecule has 122 valence electrons. The molecule has 1 aromatic rings. The number of nitrogens with one attached hydrogen (secondary N) is 1. The van der Waals surface area contributed by atoms with E-state index in [0.717, 1.165) is 4.68 Å². The van der Waals surface area contributed by atoms with Crippen molar-refractivity contribution in [2.75, 3.05) is 6.61 Å². The van der Waals surface area contributed by atoms with E-state index < -0.39 is 17.9 Å². The highest BCUT2D eigenvalue weighted by molar-refractivity contribution is 5.94. The summed E-state index contributed by atoms with van der Waals surface area (Å²) in [7, 11) is 1.41. The van der Waals surface area contributed by atoms with Crippen LogP contribution in [0.5, 0.6) is 0 Å². The quantitative estimate of drug-likeness (QED) is 0.775. The third-order valence-corrected chi connectivity index (χ3v) is 2.74. The summed E-state index contributed by atoms with van der Waals surface area (Å²) in [6.07, 6.45) is 0.129. The van der Waals surface area contributed by atoms with Crippen LogP contribution in [0.1, 0.15) is 37.7 Å². The Balaban J connectivity index is 2.69. The average Bonchev–Trinajstić information content (AvgIpc) is 2.39. The zero-order valence-electron chi connectivity index (χ0n) is 13.1. The molecule has 2 N–H and O–H groups in total. The van der Waals surface area contributed by atoms with Gasteiger partial charge >= 0.3 is 5.97 Å². The predicted molar refractivity (Wildman–Crippen MR) is 78.7 cm³/mol. The van der Waals surface area contributed by atoms with Crippen LogP contribution in [0, 0.1) is 0 Å². The number of carbonyl (C=O) groups is 2. The minimum Gasteiger partial charge on any atom is -0.480 e. The molecule has 0 aromatic carbocycles. The molecule has 1 unspecified atom stereocenters. The molecule has 22 heavy (non-hydrogen) atoms. The largest absolute Gasteiger partial charge is 0.480 e. The molecule has 1 atom stereocenters. The van der Waals surface area contributed by atoms with E-state index in [0.29, 0.717) is 0 Å². The number of rotatable bonds is 6. The van der Waals surface area contributed by atoms with E-state index in [4.69, 9.17) is 9.84 Å². The van der Waals surface area contributed by atoms with E-state index in [1.54, 1.807) is 0 Å². The first-order valence-electron chi connectivity index (χ1n) is 6.82. The Morgan fingerprint density at radius 1 is 1.41 bits per heavy atom. The Hall–Kier alpha value is -2.22. The summed E-state index contributed by atoms with van der Waals surface area (Å²) in [5.41, 5.74) is -0.762. The molecule has 1 rings (SSSR count). The Bertz CT molecular complexity index is 603. The van der Waals surface area contributed by atoms with Crippen molar-refractivity contribution < 1.29 is 19.4 Å². The monoisotopic (exact) mass is 311 g/mol. The lowest BCUT2D eigenvalue weighted by molar-refractivity contribution is -0.140. The van der Waals surface area contributed by atoms with Crippen molar-refractivity contribution >= 4 is 11.9 Å².